The summed E-state index contributed by atoms with van der Waals surface area (Å²) >= 11 is 0. The zero-order valence-corrected chi connectivity index (χ0v) is 16.0. The van der Waals surface area contributed by atoms with Crippen molar-refractivity contribution in [1.82, 2.24) is 14.4 Å². The zero-order valence-electron chi connectivity index (χ0n) is 16.0. The highest BCUT2D eigenvalue weighted by molar-refractivity contribution is 6.06. The lowest BCUT2D eigenvalue weighted by molar-refractivity contribution is 0.417. The molecule has 5 rings (SSSR count). The normalized spacial score (nSPS) is 11.5. The van der Waals surface area contributed by atoms with Gasteiger partial charge in [0.2, 0.25) is 5.78 Å². The fourth-order valence-electron chi connectivity index (χ4n) is 3.65. The number of para-hydroxylation sites is 1. The molecule has 0 spiro atoms. The zero-order chi connectivity index (χ0) is 19.3. The molecule has 0 fully saturated rings. The smallest absolute Gasteiger partial charge is 0.234 e. The average Bonchev–Trinajstić information content (AvgIpc) is 3.26. The van der Waals surface area contributed by atoms with Gasteiger partial charge in [-0.3, -0.25) is 4.40 Å². The first kappa shape index (κ1) is 16.6. The van der Waals surface area contributed by atoms with Crippen LogP contribution in [0.25, 0.3) is 27.7 Å². The van der Waals surface area contributed by atoms with Crippen molar-refractivity contribution in [2.45, 2.75) is 20.4 Å². The fourth-order valence-corrected chi connectivity index (χ4v) is 3.65. The number of anilines is 1. The molecule has 0 aliphatic rings. The van der Waals surface area contributed by atoms with Gasteiger partial charge in [-0.25, -0.2) is 9.97 Å². The molecule has 0 saturated carbocycles. The molecule has 0 saturated heterocycles. The van der Waals surface area contributed by atoms with Gasteiger partial charge in [0.25, 0.3) is 0 Å². The number of aromatic nitrogens is 3. The van der Waals surface area contributed by atoms with E-state index in [1.807, 2.05) is 53.9 Å². The molecule has 0 aliphatic heterocycles. The molecule has 0 unspecified atom stereocenters. The third kappa shape index (κ3) is 2.65. The minimum atomic E-state index is 0.559. The van der Waals surface area contributed by atoms with Gasteiger partial charge in [-0.1, -0.05) is 18.2 Å². The third-order valence-electron chi connectivity index (χ3n) is 4.97. The lowest BCUT2D eigenvalue weighted by Gasteiger charge is -2.10. The molecule has 2 aromatic carbocycles. The van der Waals surface area contributed by atoms with Gasteiger partial charge >= 0.3 is 0 Å². The molecule has 3 aromatic heterocycles. The number of methoxy groups -OCH3 is 1. The van der Waals surface area contributed by atoms with Crippen molar-refractivity contribution in [2.24, 2.45) is 0 Å². The van der Waals surface area contributed by atoms with Crippen LogP contribution >= 0.6 is 0 Å². The summed E-state index contributed by atoms with van der Waals surface area (Å²) in [5.41, 5.74) is 5.55. The summed E-state index contributed by atoms with van der Waals surface area (Å²) < 4.78 is 13.6. The van der Waals surface area contributed by atoms with Crippen LogP contribution in [0.4, 0.5) is 5.69 Å². The topological polar surface area (TPSA) is 64.6 Å². The number of aryl methyl sites for hydroxylation is 2. The Morgan fingerprint density at radius 1 is 1.04 bits per heavy atom. The summed E-state index contributed by atoms with van der Waals surface area (Å²) in [7, 11) is 1.68. The van der Waals surface area contributed by atoms with E-state index in [0.29, 0.717) is 12.3 Å². The standard InChI is InChI=1S/C22H20N4O2/c1-13-8-14(2)26-12-15(25-22(26)24-13)11-23-18-10-20-17(9-21(18)27-3)16-6-4-5-7-19(16)28-20/h4-10,12,23H,11H2,1-3H3. The lowest BCUT2D eigenvalue weighted by atomic mass is 10.1. The van der Waals surface area contributed by atoms with Gasteiger partial charge in [0.15, 0.2) is 0 Å². The number of ether oxygens (including phenoxy) is 1. The second kappa shape index (κ2) is 6.27. The van der Waals surface area contributed by atoms with E-state index in [0.717, 1.165) is 50.5 Å². The van der Waals surface area contributed by atoms with Crippen molar-refractivity contribution in [3.05, 3.63) is 65.7 Å². The molecule has 5 aromatic rings. The Balaban J connectivity index is 1.50. The first-order valence-corrected chi connectivity index (χ1v) is 9.18. The predicted molar refractivity (Wildman–Crippen MR) is 110 cm³/mol. The number of furan rings is 1. The maximum Gasteiger partial charge on any atom is 0.234 e. The van der Waals surface area contributed by atoms with E-state index in [4.69, 9.17) is 9.15 Å². The van der Waals surface area contributed by atoms with Gasteiger partial charge in [0.1, 0.15) is 16.9 Å². The first-order chi connectivity index (χ1) is 13.6. The van der Waals surface area contributed by atoms with Crippen molar-refractivity contribution in [1.29, 1.82) is 0 Å². The number of nitrogens with zero attached hydrogens (tertiary/aromatic N) is 3. The fraction of sp³-hybridized carbons (Fsp3) is 0.182. The molecule has 6 heteroatoms. The predicted octanol–water partition coefficient (Wildman–Crippen LogP) is 4.87. The van der Waals surface area contributed by atoms with Gasteiger partial charge in [-0.2, -0.15) is 0 Å². The van der Waals surface area contributed by atoms with Crippen LogP contribution in [0.1, 0.15) is 17.1 Å². The molecule has 0 radical (unpaired) electrons. The quantitative estimate of drug-likeness (QED) is 0.488. The second-order valence-electron chi connectivity index (χ2n) is 6.94. The number of benzene rings is 2. The molecular formula is C22H20N4O2. The molecule has 3 heterocycles. The highest BCUT2D eigenvalue weighted by Gasteiger charge is 2.13. The maximum atomic E-state index is 6.00. The minimum Gasteiger partial charge on any atom is -0.495 e. The van der Waals surface area contributed by atoms with Crippen molar-refractivity contribution >= 4 is 33.4 Å². The van der Waals surface area contributed by atoms with Gasteiger partial charge in [0.05, 0.1) is 25.0 Å². The van der Waals surface area contributed by atoms with E-state index >= 15 is 0 Å². The minimum absolute atomic E-state index is 0.559. The number of hydrogen-bond donors (Lipinski definition) is 1. The molecule has 0 atom stereocenters. The maximum absolute atomic E-state index is 6.00. The summed E-state index contributed by atoms with van der Waals surface area (Å²) in [5.74, 6) is 1.49. The van der Waals surface area contributed by atoms with E-state index in [-0.39, 0.29) is 0 Å². The molecular weight excluding hydrogens is 352 g/mol. The Bertz CT molecular complexity index is 1330. The number of rotatable bonds is 4. The average molecular weight is 372 g/mol. The Labute approximate surface area is 161 Å². The van der Waals surface area contributed by atoms with Crippen LogP contribution in [0.5, 0.6) is 5.75 Å². The summed E-state index contributed by atoms with van der Waals surface area (Å²) in [6.45, 7) is 4.59. The van der Waals surface area contributed by atoms with E-state index in [9.17, 15) is 0 Å². The van der Waals surface area contributed by atoms with Crippen LogP contribution < -0.4 is 10.1 Å². The van der Waals surface area contributed by atoms with Crippen molar-refractivity contribution in [2.75, 3.05) is 12.4 Å². The molecule has 0 bridgehead atoms. The molecule has 1 N–H and O–H groups in total. The van der Waals surface area contributed by atoms with Crippen LogP contribution in [-0.2, 0) is 6.54 Å². The Kier molecular flexibility index (Phi) is 3.72. The largest absolute Gasteiger partial charge is 0.495 e. The first-order valence-electron chi connectivity index (χ1n) is 9.18. The number of fused-ring (bicyclic) bond motifs is 4. The van der Waals surface area contributed by atoms with Crippen LogP contribution in [0, 0.1) is 13.8 Å². The SMILES string of the molecule is COc1cc2c(cc1NCc1cn3c(C)cc(C)nc3n1)oc1ccccc12. The van der Waals surface area contributed by atoms with Gasteiger partial charge in [-0.15, -0.1) is 0 Å². The molecule has 0 aliphatic carbocycles. The van der Waals surface area contributed by atoms with Crippen LogP contribution in [0.15, 0.2) is 53.1 Å². The number of imidazole rings is 1. The molecule has 28 heavy (non-hydrogen) atoms. The Morgan fingerprint density at radius 3 is 2.75 bits per heavy atom. The highest BCUT2D eigenvalue weighted by atomic mass is 16.5. The summed E-state index contributed by atoms with van der Waals surface area (Å²) in [4.78, 5) is 9.12. The second-order valence-corrected chi connectivity index (χ2v) is 6.94. The Morgan fingerprint density at radius 2 is 1.89 bits per heavy atom. The highest BCUT2D eigenvalue weighted by Crippen LogP contribution is 2.36. The Hall–Kier alpha value is -3.54. The summed E-state index contributed by atoms with van der Waals surface area (Å²) in [5, 5.41) is 5.55. The van der Waals surface area contributed by atoms with E-state index < -0.39 is 0 Å². The molecule has 6 nitrogen and oxygen atoms in total. The monoisotopic (exact) mass is 372 g/mol. The van der Waals surface area contributed by atoms with Crippen molar-refractivity contribution in [3.63, 3.8) is 0 Å². The van der Waals surface area contributed by atoms with E-state index in [2.05, 4.69) is 28.3 Å². The third-order valence-corrected chi connectivity index (χ3v) is 4.97. The van der Waals surface area contributed by atoms with Crippen molar-refractivity contribution in [3.8, 4) is 5.75 Å². The molecule has 0 amide bonds. The van der Waals surface area contributed by atoms with Crippen LogP contribution in [-0.4, -0.2) is 21.5 Å². The van der Waals surface area contributed by atoms with Gasteiger partial charge in [-0.05, 0) is 32.0 Å². The van der Waals surface area contributed by atoms with Crippen molar-refractivity contribution < 1.29 is 9.15 Å². The number of hydrogen-bond acceptors (Lipinski definition) is 5. The van der Waals surface area contributed by atoms with E-state index in [1.54, 1.807) is 7.11 Å². The summed E-state index contributed by atoms with van der Waals surface area (Å²) in [6.07, 6.45) is 2.01. The van der Waals surface area contributed by atoms with E-state index in [1.165, 1.54) is 0 Å². The van der Waals surface area contributed by atoms with Gasteiger partial charge < -0.3 is 14.5 Å². The molecule has 140 valence electrons. The summed E-state index contributed by atoms with van der Waals surface area (Å²) in [6, 6.07) is 14.1. The number of nitrogens with one attached hydrogen (secondary N) is 1. The van der Waals surface area contributed by atoms with Gasteiger partial charge in [0, 0.05) is 34.4 Å². The van der Waals surface area contributed by atoms with Crippen LogP contribution in [0.3, 0.4) is 0 Å². The van der Waals surface area contributed by atoms with Crippen LogP contribution in [0.2, 0.25) is 0 Å². The lowest BCUT2D eigenvalue weighted by Crippen LogP contribution is -2.01.